The average Bonchev–Trinajstić information content (AvgIpc) is 3.14. The molecule has 0 radical (unpaired) electrons. The highest BCUT2D eigenvalue weighted by molar-refractivity contribution is 5.94. The number of pyridine rings is 1. The fraction of sp³-hybridized carbons (Fsp3) is 0.174. The molecule has 0 saturated carbocycles. The SMILES string of the molecule is CC(C)(C)C(=O)Nc1cc(-c2c(-c3ccc(F)cc3)nc3cccnn23)ccn1.O=CO. The van der Waals surface area contributed by atoms with Gasteiger partial charge in [0.25, 0.3) is 6.47 Å². The van der Waals surface area contributed by atoms with Crippen molar-refractivity contribution in [3.63, 3.8) is 0 Å². The summed E-state index contributed by atoms with van der Waals surface area (Å²) in [5.41, 5.74) is 3.09. The maximum atomic E-state index is 13.4. The number of carbonyl (C=O) groups is 2. The van der Waals surface area contributed by atoms with Crippen LogP contribution in [0.25, 0.3) is 28.2 Å². The second kappa shape index (κ2) is 9.34. The second-order valence-corrected chi connectivity index (χ2v) is 7.85. The standard InChI is InChI=1S/C22H20FN5O.CH2O2/c1-22(2,3)21(29)26-17-13-15(10-12-24-17)20-19(14-6-8-16(23)9-7-14)27-18-5-4-11-25-28(18)20;2-1-3/h4-13H,1-3H3,(H,24,26,29);1H,(H,2,3). The molecule has 0 saturated heterocycles. The first-order chi connectivity index (χ1) is 15.2. The average molecular weight is 435 g/mol. The van der Waals surface area contributed by atoms with Crippen molar-refractivity contribution in [2.45, 2.75) is 20.8 Å². The molecule has 0 bridgehead atoms. The van der Waals surface area contributed by atoms with Gasteiger partial charge in [0.05, 0.1) is 5.69 Å². The minimum absolute atomic E-state index is 0.128. The number of hydrogen-bond acceptors (Lipinski definition) is 5. The third-order valence-electron chi connectivity index (χ3n) is 4.47. The number of amides is 1. The highest BCUT2D eigenvalue weighted by Crippen LogP contribution is 2.33. The number of carboxylic acid groups (broad SMARTS) is 1. The molecule has 0 aliphatic rings. The van der Waals surface area contributed by atoms with Gasteiger partial charge >= 0.3 is 0 Å². The van der Waals surface area contributed by atoms with Crippen LogP contribution in [0.3, 0.4) is 0 Å². The third-order valence-corrected chi connectivity index (χ3v) is 4.47. The molecule has 0 aliphatic carbocycles. The quantitative estimate of drug-likeness (QED) is 0.465. The van der Waals surface area contributed by atoms with E-state index in [1.807, 2.05) is 39.0 Å². The van der Waals surface area contributed by atoms with E-state index in [0.29, 0.717) is 17.2 Å². The highest BCUT2D eigenvalue weighted by atomic mass is 19.1. The molecule has 4 aromatic rings. The third kappa shape index (κ3) is 4.94. The van der Waals surface area contributed by atoms with Crippen LogP contribution in [-0.4, -0.2) is 37.1 Å². The zero-order chi connectivity index (χ0) is 23.3. The normalized spacial score (nSPS) is 10.9. The number of benzene rings is 1. The van der Waals surface area contributed by atoms with Gasteiger partial charge in [-0.15, -0.1) is 0 Å². The number of anilines is 1. The number of nitrogens with one attached hydrogen (secondary N) is 1. The zero-order valence-electron chi connectivity index (χ0n) is 17.8. The summed E-state index contributed by atoms with van der Waals surface area (Å²) in [5.74, 6) is 0.00353. The molecule has 0 aliphatic heterocycles. The molecule has 0 atom stereocenters. The van der Waals surface area contributed by atoms with Gasteiger partial charge in [-0.05, 0) is 48.5 Å². The lowest BCUT2D eigenvalue weighted by Crippen LogP contribution is -2.28. The van der Waals surface area contributed by atoms with Crippen molar-refractivity contribution in [3.05, 3.63) is 66.7 Å². The van der Waals surface area contributed by atoms with Crippen molar-refractivity contribution in [1.29, 1.82) is 0 Å². The molecular formula is C23H22FN5O3. The maximum absolute atomic E-state index is 13.4. The van der Waals surface area contributed by atoms with E-state index in [1.54, 1.807) is 35.1 Å². The second-order valence-electron chi connectivity index (χ2n) is 7.85. The van der Waals surface area contributed by atoms with Gasteiger partial charge in [-0.3, -0.25) is 9.59 Å². The van der Waals surface area contributed by atoms with E-state index in [9.17, 15) is 9.18 Å². The van der Waals surface area contributed by atoms with Gasteiger partial charge in [0.2, 0.25) is 5.91 Å². The van der Waals surface area contributed by atoms with Crippen molar-refractivity contribution < 1.29 is 19.1 Å². The lowest BCUT2D eigenvalue weighted by molar-refractivity contribution is -0.123. The Hall–Kier alpha value is -4.14. The van der Waals surface area contributed by atoms with Crippen LogP contribution in [0.1, 0.15) is 20.8 Å². The number of carbonyl (C=O) groups excluding carboxylic acids is 1. The van der Waals surface area contributed by atoms with Crippen LogP contribution in [0, 0.1) is 11.2 Å². The number of fused-ring (bicyclic) bond motifs is 1. The van der Waals surface area contributed by atoms with Gasteiger partial charge in [0.1, 0.15) is 17.3 Å². The highest BCUT2D eigenvalue weighted by Gasteiger charge is 2.22. The van der Waals surface area contributed by atoms with Gasteiger partial charge < -0.3 is 10.4 Å². The predicted octanol–water partition coefficient (Wildman–Crippen LogP) is 4.28. The Morgan fingerprint density at radius 3 is 2.44 bits per heavy atom. The summed E-state index contributed by atoms with van der Waals surface area (Å²) in [6.07, 6.45) is 3.31. The van der Waals surface area contributed by atoms with Crippen LogP contribution in [-0.2, 0) is 9.59 Å². The van der Waals surface area contributed by atoms with E-state index in [0.717, 1.165) is 16.8 Å². The summed E-state index contributed by atoms with van der Waals surface area (Å²) in [4.78, 5) is 29.7. The van der Waals surface area contributed by atoms with Crippen LogP contribution in [0.15, 0.2) is 60.9 Å². The van der Waals surface area contributed by atoms with E-state index in [-0.39, 0.29) is 18.2 Å². The molecule has 3 heterocycles. The fourth-order valence-electron chi connectivity index (χ4n) is 2.91. The summed E-state index contributed by atoms with van der Waals surface area (Å²) < 4.78 is 15.1. The minimum Gasteiger partial charge on any atom is -0.483 e. The molecule has 32 heavy (non-hydrogen) atoms. The van der Waals surface area contributed by atoms with Gasteiger partial charge in [-0.1, -0.05) is 20.8 Å². The van der Waals surface area contributed by atoms with Crippen molar-refractivity contribution in [3.8, 4) is 22.5 Å². The lowest BCUT2D eigenvalue weighted by atomic mass is 9.96. The van der Waals surface area contributed by atoms with Gasteiger partial charge in [0, 0.05) is 28.9 Å². The molecule has 1 amide bonds. The first-order valence-electron chi connectivity index (χ1n) is 9.70. The number of aromatic nitrogens is 4. The van der Waals surface area contributed by atoms with Gasteiger partial charge in [0.15, 0.2) is 5.65 Å². The number of nitrogens with zero attached hydrogens (tertiary/aromatic N) is 4. The van der Waals surface area contributed by atoms with E-state index in [2.05, 4.69) is 20.4 Å². The topological polar surface area (TPSA) is 109 Å². The van der Waals surface area contributed by atoms with Gasteiger partial charge in [-0.2, -0.15) is 5.10 Å². The van der Waals surface area contributed by atoms with Crippen molar-refractivity contribution >= 4 is 23.8 Å². The number of hydrogen-bond donors (Lipinski definition) is 2. The molecule has 1 aromatic carbocycles. The zero-order valence-corrected chi connectivity index (χ0v) is 17.8. The monoisotopic (exact) mass is 435 g/mol. The van der Waals surface area contributed by atoms with E-state index < -0.39 is 5.41 Å². The minimum atomic E-state index is -0.540. The van der Waals surface area contributed by atoms with Crippen LogP contribution in [0.5, 0.6) is 0 Å². The molecule has 0 spiro atoms. The van der Waals surface area contributed by atoms with Crippen LogP contribution >= 0.6 is 0 Å². The predicted molar refractivity (Wildman–Crippen MR) is 118 cm³/mol. The largest absolute Gasteiger partial charge is 0.483 e. The Balaban J connectivity index is 0.000000913. The molecule has 3 aromatic heterocycles. The van der Waals surface area contributed by atoms with E-state index >= 15 is 0 Å². The Morgan fingerprint density at radius 1 is 1.09 bits per heavy atom. The summed E-state index contributed by atoms with van der Waals surface area (Å²) in [7, 11) is 0. The molecule has 164 valence electrons. The Bertz CT molecular complexity index is 1250. The molecule has 8 nitrogen and oxygen atoms in total. The van der Waals surface area contributed by atoms with Crippen molar-refractivity contribution in [1.82, 2.24) is 19.6 Å². The summed E-state index contributed by atoms with van der Waals surface area (Å²) in [6.45, 7) is 5.27. The van der Waals surface area contributed by atoms with Crippen LogP contribution in [0.4, 0.5) is 10.2 Å². The molecule has 2 N–H and O–H groups in total. The number of halogens is 1. The van der Waals surface area contributed by atoms with E-state index in [4.69, 9.17) is 9.90 Å². The Labute approximate surface area is 183 Å². The van der Waals surface area contributed by atoms with Crippen molar-refractivity contribution in [2.24, 2.45) is 5.41 Å². The summed E-state index contributed by atoms with van der Waals surface area (Å²) in [6, 6.07) is 13.5. The maximum Gasteiger partial charge on any atom is 0.290 e. The molecule has 4 rings (SSSR count). The first kappa shape index (κ1) is 22.5. The van der Waals surface area contributed by atoms with Crippen molar-refractivity contribution in [2.75, 3.05) is 5.32 Å². The lowest BCUT2D eigenvalue weighted by Gasteiger charge is -2.17. The number of rotatable bonds is 3. The van der Waals surface area contributed by atoms with E-state index in [1.165, 1.54) is 12.1 Å². The van der Waals surface area contributed by atoms with Gasteiger partial charge in [-0.25, -0.2) is 18.9 Å². The summed E-state index contributed by atoms with van der Waals surface area (Å²) >= 11 is 0. The number of imidazole rings is 1. The Morgan fingerprint density at radius 2 is 1.78 bits per heavy atom. The van der Waals surface area contributed by atoms with Crippen LogP contribution < -0.4 is 5.32 Å². The Kier molecular flexibility index (Phi) is 6.58. The molecule has 9 heteroatoms. The first-order valence-corrected chi connectivity index (χ1v) is 9.70. The molecule has 0 unspecified atom stereocenters. The smallest absolute Gasteiger partial charge is 0.290 e. The molecule has 0 fully saturated rings. The van der Waals surface area contributed by atoms with Crippen LogP contribution in [0.2, 0.25) is 0 Å². The summed E-state index contributed by atoms with van der Waals surface area (Å²) in [5, 5.41) is 14.2. The fourth-order valence-corrected chi connectivity index (χ4v) is 2.91. The molecular weight excluding hydrogens is 413 g/mol.